The fourth-order valence-electron chi connectivity index (χ4n) is 3.24. The molecule has 0 bridgehead atoms. The Hall–Kier alpha value is -2.64. The molecule has 1 N–H and O–H groups in total. The lowest BCUT2D eigenvalue weighted by Crippen LogP contribution is -2.29. The zero-order valence-electron chi connectivity index (χ0n) is 14.1. The molecule has 3 heterocycles. The minimum absolute atomic E-state index is 0.173. The van der Waals surface area contributed by atoms with Crippen molar-refractivity contribution < 1.29 is 9.90 Å². The number of aromatic nitrogens is 3. The number of β-amino-alcohol motifs (C(OH)–C–C–N with tert-alkyl or cyclic N) is 1. The van der Waals surface area contributed by atoms with Gasteiger partial charge in [0.25, 0.3) is 11.5 Å². The maximum atomic E-state index is 12.7. The van der Waals surface area contributed by atoms with E-state index >= 15 is 0 Å². The van der Waals surface area contributed by atoms with Crippen LogP contribution < -0.4 is 5.56 Å². The topological polar surface area (TPSA) is 79.8 Å². The molecule has 1 aromatic carbocycles. The number of carbonyl (C=O) groups excluding carboxylic acids is 1. The first-order valence-electron chi connectivity index (χ1n) is 8.26. The lowest BCUT2D eigenvalue weighted by Gasteiger charge is -2.13. The number of amides is 1. The van der Waals surface area contributed by atoms with Crippen molar-refractivity contribution in [3.63, 3.8) is 0 Å². The van der Waals surface area contributed by atoms with Crippen LogP contribution in [-0.4, -0.2) is 49.1 Å². The maximum absolute atomic E-state index is 12.7. The second-order valence-corrected chi connectivity index (χ2v) is 6.82. The van der Waals surface area contributed by atoms with Crippen LogP contribution in [0.3, 0.4) is 0 Å². The summed E-state index contributed by atoms with van der Waals surface area (Å²) in [5.74, 6) is -0.286. The van der Waals surface area contributed by atoms with Gasteiger partial charge in [-0.3, -0.25) is 14.0 Å². The number of hydrogen-bond acceptors (Lipinski definition) is 4. The van der Waals surface area contributed by atoms with E-state index in [1.165, 1.54) is 4.57 Å². The number of fused-ring (bicyclic) bond motifs is 1. The Morgan fingerprint density at radius 2 is 2.08 bits per heavy atom. The number of imidazole rings is 1. The number of halogens is 1. The van der Waals surface area contributed by atoms with E-state index in [0.29, 0.717) is 23.7 Å². The Bertz CT molecular complexity index is 1070. The van der Waals surface area contributed by atoms with E-state index in [0.717, 1.165) is 5.56 Å². The highest BCUT2D eigenvalue weighted by Gasteiger charge is 2.27. The van der Waals surface area contributed by atoms with Gasteiger partial charge in [0.2, 0.25) is 5.65 Å². The van der Waals surface area contributed by atoms with Crippen molar-refractivity contribution in [1.82, 2.24) is 18.9 Å². The molecule has 0 unspecified atom stereocenters. The molecule has 1 aliphatic heterocycles. The largest absolute Gasteiger partial charge is 0.391 e. The van der Waals surface area contributed by atoms with E-state index in [1.54, 1.807) is 34.8 Å². The SMILES string of the molecule is Cn1c(-c2ccccc2Cl)cn2cc(C(=O)N3CC[C@H](O)C3)nc2c1=O. The lowest BCUT2D eigenvalue weighted by molar-refractivity contribution is 0.0760. The number of hydrogen-bond donors (Lipinski definition) is 1. The third kappa shape index (κ3) is 2.69. The van der Waals surface area contributed by atoms with E-state index in [4.69, 9.17) is 11.6 Å². The van der Waals surface area contributed by atoms with Gasteiger partial charge >= 0.3 is 0 Å². The van der Waals surface area contributed by atoms with Gasteiger partial charge in [-0.1, -0.05) is 29.8 Å². The van der Waals surface area contributed by atoms with Crippen LogP contribution in [0.5, 0.6) is 0 Å². The second kappa shape index (κ2) is 6.26. The molecule has 0 spiro atoms. The molecule has 3 aromatic rings. The molecule has 7 nitrogen and oxygen atoms in total. The summed E-state index contributed by atoms with van der Waals surface area (Å²) in [7, 11) is 1.65. The van der Waals surface area contributed by atoms with E-state index < -0.39 is 6.10 Å². The molecular weight excluding hydrogens is 356 g/mol. The van der Waals surface area contributed by atoms with E-state index in [1.807, 2.05) is 18.2 Å². The smallest absolute Gasteiger partial charge is 0.294 e. The van der Waals surface area contributed by atoms with Crippen molar-refractivity contribution in [2.45, 2.75) is 12.5 Å². The van der Waals surface area contributed by atoms with Crippen LogP contribution in [0.1, 0.15) is 16.9 Å². The summed E-state index contributed by atoms with van der Waals surface area (Å²) in [5, 5.41) is 10.2. The van der Waals surface area contributed by atoms with Crippen LogP contribution in [0.15, 0.2) is 41.5 Å². The fraction of sp³-hybridized carbons (Fsp3) is 0.278. The van der Waals surface area contributed by atoms with Crippen LogP contribution in [0.2, 0.25) is 5.02 Å². The predicted octanol–water partition coefficient (Wildman–Crippen LogP) is 1.56. The highest BCUT2D eigenvalue weighted by Crippen LogP contribution is 2.26. The highest BCUT2D eigenvalue weighted by molar-refractivity contribution is 6.33. The highest BCUT2D eigenvalue weighted by atomic mass is 35.5. The molecule has 0 aliphatic carbocycles. The first kappa shape index (κ1) is 16.8. The Morgan fingerprint density at radius 3 is 2.77 bits per heavy atom. The third-order valence-electron chi connectivity index (χ3n) is 4.67. The molecule has 1 atom stereocenters. The van der Waals surface area contributed by atoms with Crippen molar-refractivity contribution in [3.8, 4) is 11.3 Å². The monoisotopic (exact) mass is 372 g/mol. The van der Waals surface area contributed by atoms with Crippen LogP contribution in [0.4, 0.5) is 0 Å². The zero-order valence-corrected chi connectivity index (χ0v) is 14.8. The van der Waals surface area contributed by atoms with E-state index in [-0.39, 0.29) is 29.4 Å². The molecule has 134 valence electrons. The average Bonchev–Trinajstić information content (AvgIpc) is 3.25. The number of rotatable bonds is 2. The van der Waals surface area contributed by atoms with Crippen molar-refractivity contribution in [3.05, 3.63) is 57.7 Å². The van der Waals surface area contributed by atoms with Gasteiger partial charge in [0.05, 0.1) is 11.8 Å². The molecule has 1 amide bonds. The molecule has 1 fully saturated rings. The Kier molecular flexibility index (Phi) is 4.05. The normalized spacial score (nSPS) is 17.2. The Morgan fingerprint density at radius 1 is 1.31 bits per heavy atom. The van der Waals surface area contributed by atoms with Crippen molar-refractivity contribution in [1.29, 1.82) is 0 Å². The van der Waals surface area contributed by atoms with E-state index in [2.05, 4.69) is 4.98 Å². The molecule has 8 heteroatoms. The molecule has 4 rings (SSSR count). The summed E-state index contributed by atoms with van der Waals surface area (Å²) in [6.07, 6.45) is 3.33. The molecule has 2 aromatic heterocycles. The van der Waals surface area contributed by atoms with Gasteiger partial charge in [0, 0.05) is 43.1 Å². The van der Waals surface area contributed by atoms with Gasteiger partial charge in [-0.15, -0.1) is 0 Å². The zero-order chi connectivity index (χ0) is 18.4. The summed E-state index contributed by atoms with van der Waals surface area (Å²) in [4.78, 5) is 31.1. The summed E-state index contributed by atoms with van der Waals surface area (Å²) < 4.78 is 3.03. The van der Waals surface area contributed by atoms with Gasteiger partial charge in [0.15, 0.2) is 0 Å². The molecule has 26 heavy (non-hydrogen) atoms. The third-order valence-corrected chi connectivity index (χ3v) is 5.00. The Labute approximate surface area is 154 Å². The average molecular weight is 373 g/mol. The van der Waals surface area contributed by atoms with E-state index in [9.17, 15) is 14.7 Å². The number of carbonyl (C=O) groups is 1. The van der Waals surface area contributed by atoms with Gasteiger partial charge < -0.3 is 14.6 Å². The maximum Gasteiger partial charge on any atom is 0.294 e. The van der Waals surface area contributed by atoms with Crippen molar-refractivity contribution in [2.75, 3.05) is 13.1 Å². The number of nitrogens with zero attached hydrogens (tertiary/aromatic N) is 4. The summed E-state index contributed by atoms with van der Waals surface area (Å²) in [6.45, 7) is 0.770. The van der Waals surface area contributed by atoms with Crippen molar-refractivity contribution >= 4 is 23.2 Å². The first-order chi connectivity index (χ1) is 12.5. The summed E-state index contributed by atoms with van der Waals surface area (Å²) in [6, 6.07) is 7.25. The quantitative estimate of drug-likeness (QED) is 0.740. The molecular formula is C18H17ClN4O3. The van der Waals surface area contributed by atoms with Crippen LogP contribution in [0.25, 0.3) is 16.9 Å². The minimum Gasteiger partial charge on any atom is -0.391 e. The van der Waals surface area contributed by atoms with Crippen LogP contribution in [-0.2, 0) is 7.05 Å². The molecule has 0 radical (unpaired) electrons. The van der Waals surface area contributed by atoms with Crippen LogP contribution >= 0.6 is 11.6 Å². The number of aliphatic hydroxyl groups is 1. The fourth-order valence-corrected chi connectivity index (χ4v) is 3.47. The van der Waals surface area contributed by atoms with Gasteiger partial charge in [0.1, 0.15) is 5.69 Å². The lowest BCUT2D eigenvalue weighted by atomic mass is 10.1. The Balaban J connectivity index is 1.82. The van der Waals surface area contributed by atoms with Gasteiger partial charge in [-0.2, -0.15) is 0 Å². The molecule has 1 aliphatic rings. The van der Waals surface area contributed by atoms with Crippen molar-refractivity contribution in [2.24, 2.45) is 7.05 Å². The summed E-state index contributed by atoms with van der Waals surface area (Å²) in [5.41, 5.74) is 1.39. The summed E-state index contributed by atoms with van der Waals surface area (Å²) >= 11 is 6.26. The molecule has 1 saturated heterocycles. The van der Waals surface area contributed by atoms with Gasteiger partial charge in [-0.05, 0) is 12.5 Å². The minimum atomic E-state index is -0.504. The number of benzene rings is 1. The number of likely N-dealkylation sites (tertiary alicyclic amines) is 1. The predicted molar refractivity (Wildman–Crippen MR) is 97.4 cm³/mol. The van der Waals surface area contributed by atoms with Gasteiger partial charge in [-0.25, -0.2) is 4.98 Å². The number of aliphatic hydroxyl groups excluding tert-OH is 1. The standard InChI is InChI=1S/C18H17ClN4O3/c1-21-15(12-4-2-3-5-13(12)19)10-23-9-14(20-16(23)18(21)26)17(25)22-7-6-11(24)8-22/h2-5,9-11,24H,6-8H2,1H3/t11-/m0/s1. The second-order valence-electron chi connectivity index (χ2n) is 6.41. The first-order valence-corrected chi connectivity index (χ1v) is 8.64. The molecule has 0 saturated carbocycles. The van der Waals surface area contributed by atoms with Crippen LogP contribution in [0, 0.1) is 0 Å².